The second-order valence-corrected chi connectivity index (χ2v) is 5.13. The molecule has 0 spiro atoms. The summed E-state index contributed by atoms with van der Waals surface area (Å²) < 4.78 is 0. The Hall–Kier alpha value is -2.34. The molecule has 0 aliphatic carbocycles. The van der Waals surface area contributed by atoms with E-state index in [1.807, 2.05) is 24.4 Å². The topological polar surface area (TPSA) is 98.8 Å². The maximum Gasteiger partial charge on any atom is 0.209 e. The van der Waals surface area contributed by atoms with E-state index in [-0.39, 0.29) is 6.61 Å². The van der Waals surface area contributed by atoms with E-state index in [4.69, 9.17) is 5.73 Å². The number of nitrogens with zero attached hydrogens (tertiary/aromatic N) is 2. The summed E-state index contributed by atoms with van der Waals surface area (Å²) in [6, 6.07) is 5.77. The van der Waals surface area contributed by atoms with E-state index >= 15 is 0 Å². The van der Waals surface area contributed by atoms with E-state index in [0.29, 0.717) is 5.96 Å². The highest BCUT2D eigenvalue weighted by molar-refractivity contribution is 5.99. The Morgan fingerprint density at radius 1 is 1.41 bits per heavy atom. The summed E-state index contributed by atoms with van der Waals surface area (Å²) >= 11 is 0. The van der Waals surface area contributed by atoms with Crippen molar-refractivity contribution in [1.29, 1.82) is 0 Å². The fraction of sp³-hybridized carbons (Fsp3) is 0.375. The summed E-state index contributed by atoms with van der Waals surface area (Å²) in [5.74, 6) is 0.322. The van der Waals surface area contributed by atoms with Crippen LogP contribution in [-0.4, -0.2) is 28.8 Å². The number of aromatic nitrogens is 1. The highest BCUT2D eigenvalue weighted by Crippen LogP contribution is 2.18. The molecule has 1 heterocycles. The molecule has 22 heavy (non-hydrogen) atoms. The van der Waals surface area contributed by atoms with E-state index < -0.39 is 0 Å². The molecule has 0 fully saturated rings. The van der Waals surface area contributed by atoms with Crippen LogP contribution in [0.25, 0.3) is 10.9 Å². The van der Waals surface area contributed by atoms with Gasteiger partial charge in [-0.15, -0.1) is 0 Å². The van der Waals surface area contributed by atoms with Gasteiger partial charge < -0.3 is 15.8 Å². The molecular weight excluding hydrogens is 278 g/mol. The number of unbranched alkanes of at least 4 members (excludes halogenated alkanes) is 2. The number of nitrogens with one attached hydrogen (secondary N) is 2. The molecule has 5 N–H and O–H groups in total. The minimum Gasteiger partial charge on any atom is -0.392 e. The molecule has 118 valence electrons. The third-order valence-electron chi connectivity index (χ3n) is 3.39. The van der Waals surface area contributed by atoms with Crippen LogP contribution in [0.15, 0.2) is 34.5 Å². The molecule has 0 aliphatic heterocycles. The van der Waals surface area contributed by atoms with Gasteiger partial charge in [0.05, 0.1) is 12.8 Å². The number of fused-ring (bicyclic) bond motifs is 1. The fourth-order valence-electron chi connectivity index (χ4n) is 2.16. The van der Waals surface area contributed by atoms with Crippen LogP contribution in [0.3, 0.4) is 0 Å². The molecule has 0 radical (unpaired) electrons. The van der Waals surface area contributed by atoms with Gasteiger partial charge in [-0.05, 0) is 24.1 Å². The van der Waals surface area contributed by atoms with Gasteiger partial charge in [-0.2, -0.15) is 5.10 Å². The van der Waals surface area contributed by atoms with Gasteiger partial charge in [0.2, 0.25) is 5.96 Å². The van der Waals surface area contributed by atoms with E-state index in [9.17, 15) is 5.11 Å². The number of H-pyrrole nitrogens is 1. The first-order valence-corrected chi connectivity index (χ1v) is 7.54. The molecule has 2 aromatic rings. The van der Waals surface area contributed by atoms with Crippen molar-refractivity contribution in [2.24, 2.45) is 15.8 Å². The normalized spacial score (nSPS) is 12.4. The van der Waals surface area contributed by atoms with Gasteiger partial charge in [-0.3, -0.25) is 4.99 Å². The molecular formula is C16H23N5O. The number of hydrogen-bond donors (Lipinski definition) is 4. The summed E-state index contributed by atoms with van der Waals surface area (Å²) in [7, 11) is 0. The van der Waals surface area contributed by atoms with Gasteiger partial charge in [0, 0.05) is 29.2 Å². The third-order valence-corrected chi connectivity index (χ3v) is 3.39. The van der Waals surface area contributed by atoms with Gasteiger partial charge in [0.1, 0.15) is 0 Å². The lowest BCUT2D eigenvalue weighted by molar-refractivity contribution is 0.282. The summed E-state index contributed by atoms with van der Waals surface area (Å²) in [6.45, 7) is 2.89. The molecule has 2 rings (SSSR count). The number of hydrogen-bond acceptors (Lipinski definition) is 3. The Balaban J connectivity index is 1.98. The van der Waals surface area contributed by atoms with Crippen molar-refractivity contribution < 1.29 is 5.11 Å². The molecule has 0 atom stereocenters. The molecule has 0 unspecified atom stereocenters. The van der Waals surface area contributed by atoms with Crippen molar-refractivity contribution in [3.8, 4) is 0 Å². The second-order valence-electron chi connectivity index (χ2n) is 5.13. The maximum atomic E-state index is 9.21. The monoisotopic (exact) mass is 301 g/mol. The lowest BCUT2D eigenvalue weighted by Crippen LogP contribution is -2.27. The standard InChI is InChI=1S/C16H23N5O/c1-2-3-4-7-18-16(17)21-20-10-13-9-19-15-6-5-12(11-22)8-14(13)15/h5-6,8-10,19,22H,2-4,7,11H2,1H3,(H3,17,18,21)/b20-10+. The first-order chi connectivity index (χ1) is 10.7. The number of guanidine groups is 1. The Morgan fingerprint density at radius 2 is 2.27 bits per heavy atom. The second kappa shape index (κ2) is 8.19. The van der Waals surface area contributed by atoms with Gasteiger partial charge in [-0.1, -0.05) is 25.8 Å². The van der Waals surface area contributed by atoms with Crippen LogP contribution < -0.4 is 11.2 Å². The van der Waals surface area contributed by atoms with E-state index in [2.05, 4.69) is 27.4 Å². The first-order valence-electron chi connectivity index (χ1n) is 7.54. The molecule has 0 amide bonds. The Labute approximate surface area is 130 Å². The summed E-state index contributed by atoms with van der Waals surface area (Å²) in [6.07, 6.45) is 6.91. The highest BCUT2D eigenvalue weighted by atomic mass is 16.3. The van der Waals surface area contributed by atoms with Gasteiger partial charge in [0.25, 0.3) is 0 Å². The van der Waals surface area contributed by atoms with Crippen LogP contribution in [0.2, 0.25) is 0 Å². The molecule has 0 aliphatic rings. The zero-order valence-corrected chi connectivity index (χ0v) is 12.8. The van der Waals surface area contributed by atoms with Crippen molar-refractivity contribution in [3.05, 3.63) is 35.5 Å². The van der Waals surface area contributed by atoms with E-state index in [0.717, 1.165) is 47.8 Å². The van der Waals surface area contributed by atoms with Gasteiger partial charge >= 0.3 is 0 Å². The zero-order valence-electron chi connectivity index (χ0n) is 12.8. The maximum absolute atomic E-state index is 9.21. The summed E-state index contributed by atoms with van der Waals surface area (Å²) in [4.78, 5) is 7.36. The Bertz CT molecular complexity index is 660. The van der Waals surface area contributed by atoms with Crippen molar-refractivity contribution in [2.75, 3.05) is 6.54 Å². The Morgan fingerprint density at radius 3 is 3.05 bits per heavy atom. The highest BCUT2D eigenvalue weighted by Gasteiger charge is 2.02. The largest absolute Gasteiger partial charge is 0.392 e. The molecule has 6 heteroatoms. The van der Waals surface area contributed by atoms with Crippen LogP contribution in [0.1, 0.15) is 37.3 Å². The zero-order chi connectivity index (χ0) is 15.8. The van der Waals surface area contributed by atoms with Crippen molar-refractivity contribution in [3.63, 3.8) is 0 Å². The lowest BCUT2D eigenvalue weighted by atomic mass is 10.1. The van der Waals surface area contributed by atoms with Crippen LogP contribution in [-0.2, 0) is 6.61 Å². The quantitative estimate of drug-likeness (QED) is 0.273. The van der Waals surface area contributed by atoms with Crippen LogP contribution >= 0.6 is 0 Å². The van der Waals surface area contributed by atoms with E-state index in [1.54, 1.807) is 6.21 Å². The molecule has 1 aromatic heterocycles. The van der Waals surface area contributed by atoms with Crippen molar-refractivity contribution in [2.45, 2.75) is 32.8 Å². The number of rotatable bonds is 7. The Kier molecular flexibility index (Phi) is 5.97. The number of nitrogens with two attached hydrogens (primary N) is 1. The molecule has 1 aromatic carbocycles. The summed E-state index contributed by atoms with van der Waals surface area (Å²) in [5, 5.41) is 14.3. The number of aliphatic hydroxyl groups is 1. The van der Waals surface area contributed by atoms with E-state index in [1.165, 1.54) is 0 Å². The summed E-state index contributed by atoms with van der Waals surface area (Å²) in [5.41, 5.74) is 11.3. The predicted octanol–water partition coefficient (Wildman–Crippen LogP) is 2.09. The number of hydrazone groups is 1. The van der Waals surface area contributed by atoms with Gasteiger partial charge in [0.15, 0.2) is 0 Å². The first kappa shape index (κ1) is 16.0. The minimum atomic E-state index is 0.0211. The third kappa shape index (κ3) is 4.33. The number of benzene rings is 1. The fourth-order valence-corrected chi connectivity index (χ4v) is 2.16. The van der Waals surface area contributed by atoms with Crippen LogP contribution in [0.5, 0.6) is 0 Å². The van der Waals surface area contributed by atoms with Crippen molar-refractivity contribution in [1.82, 2.24) is 10.4 Å². The number of aliphatic imine (C=N–C) groups is 1. The average Bonchev–Trinajstić information content (AvgIpc) is 2.94. The predicted molar refractivity (Wildman–Crippen MR) is 91.0 cm³/mol. The number of aromatic amines is 1. The average molecular weight is 301 g/mol. The molecule has 0 bridgehead atoms. The van der Waals surface area contributed by atoms with Crippen LogP contribution in [0, 0.1) is 0 Å². The molecule has 0 saturated carbocycles. The minimum absolute atomic E-state index is 0.0211. The van der Waals surface area contributed by atoms with Gasteiger partial charge in [-0.25, -0.2) is 5.43 Å². The SMILES string of the molecule is CCCCCN=C(N)N/N=C/c1c[nH]c2ccc(CO)cc12. The van der Waals surface area contributed by atoms with Crippen LogP contribution in [0.4, 0.5) is 0 Å². The smallest absolute Gasteiger partial charge is 0.209 e. The lowest BCUT2D eigenvalue weighted by Gasteiger charge is -1.99. The molecule has 0 saturated heterocycles. The number of aliphatic hydroxyl groups excluding tert-OH is 1. The van der Waals surface area contributed by atoms with Crippen molar-refractivity contribution >= 4 is 23.1 Å². The molecule has 6 nitrogen and oxygen atoms in total.